The van der Waals surface area contributed by atoms with Crippen molar-refractivity contribution in [1.29, 1.82) is 0 Å². The number of nitrogen functional groups attached to an aromatic ring is 1. The average molecular weight is 666 g/mol. The number of oxime groups is 1. The monoisotopic (exact) mass is 665 g/mol. The first-order valence-corrected chi connectivity index (χ1v) is 15.2. The molecule has 3 aromatic rings. The number of hydroxylamine groups is 2. The number of ether oxygens (including phenoxy) is 1. The number of benzene rings is 1. The molecule has 0 bridgehead atoms. The van der Waals surface area contributed by atoms with Gasteiger partial charge in [-0.05, 0) is 44.2 Å². The summed E-state index contributed by atoms with van der Waals surface area (Å²) in [5, 5.41) is 23.2. The summed E-state index contributed by atoms with van der Waals surface area (Å²) < 4.78 is 44.9. The number of β-lactam (4-membered cyclic amide) rings is 1. The molecule has 19 nitrogen and oxygen atoms in total. The maximum atomic E-state index is 13.2. The second kappa shape index (κ2) is 12.4. The van der Waals surface area contributed by atoms with Crippen molar-refractivity contribution >= 4 is 67.3 Å². The van der Waals surface area contributed by atoms with Crippen molar-refractivity contribution in [3.63, 3.8) is 0 Å². The standard InChI is InChI=1S/C24H27N9O10S2/c1-24(2)18(21(35)33(24)43-45(38,39)40)29-20(34)17(19-30-23(25)44-32-19)31-42-15(22(36)37)10-41-13-4-5-14-11(7-13)3-6-16(28-14)27-12-8-26-9-12/h3-7,12,15,18,26H,8-10H2,1-2H3,(H,27,28)(H,29,34)(H,36,37)(H2,25,30,32)(H,38,39,40). The average Bonchev–Trinajstić information content (AvgIpc) is 3.38. The van der Waals surface area contributed by atoms with Gasteiger partial charge in [0.15, 0.2) is 5.13 Å². The molecule has 45 heavy (non-hydrogen) atoms. The minimum Gasteiger partial charge on any atom is -0.489 e. The molecule has 2 aromatic heterocycles. The third-order valence-electron chi connectivity index (χ3n) is 6.73. The van der Waals surface area contributed by atoms with Gasteiger partial charge in [-0.25, -0.2) is 9.78 Å². The summed E-state index contributed by atoms with van der Waals surface area (Å²) >= 11 is 0.710. The van der Waals surface area contributed by atoms with Crippen molar-refractivity contribution in [2.45, 2.75) is 37.6 Å². The number of nitrogens with zero attached hydrogens (tertiary/aromatic N) is 5. The quantitative estimate of drug-likeness (QED) is 0.0561. The number of rotatable bonds is 13. The summed E-state index contributed by atoms with van der Waals surface area (Å²) in [5.74, 6) is -2.85. The number of hydrogen-bond acceptors (Lipinski definition) is 16. The fourth-order valence-electron chi connectivity index (χ4n) is 4.24. The van der Waals surface area contributed by atoms with Gasteiger partial charge in [0.2, 0.25) is 11.5 Å². The molecule has 2 aliphatic rings. The van der Waals surface area contributed by atoms with E-state index in [-0.39, 0.29) is 11.0 Å². The van der Waals surface area contributed by atoms with Crippen LogP contribution >= 0.6 is 11.5 Å². The first kappa shape index (κ1) is 31.7. The smallest absolute Gasteiger partial charge is 0.418 e. The minimum atomic E-state index is -5.02. The van der Waals surface area contributed by atoms with E-state index in [1.54, 1.807) is 18.2 Å². The van der Waals surface area contributed by atoms with Gasteiger partial charge in [-0.15, -0.1) is 4.28 Å². The highest BCUT2D eigenvalue weighted by molar-refractivity contribution is 7.80. The maximum absolute atomic E-state index is 13.2. The van der Waals surface area contributed by atoms with Crippen LogP contribution in [0, 0.1) is 0 Å². The Morgan fingerprint density at radius 3 is 2.62 bits per heavy atom. The van der Waals surface area contributed by atoms with Crippen LogP contribution < -0.4 is 26.4 Å². The number of carbonyl (C=O) groups is 3. The summed E-state index contributed by atoms with van der Waals surface area (Å²) in [5.41, 5.74) is 4.25. The first-order chi connectivity index (χ1) is 21.2. The SMILES string of the molecule is CC1(C)C(NC(=O)C(=NOC(COc2ccc3nc(NC4CNC4)ccc3c2)C(=O)O)c2nsc(N)n2)C(=O)N1OS(=O)(=O)O. The molecular weight excluding hydrogens is 638 g/mol. The Bertz CT molecular complexity index is 1780. The third kappa shape index (κ3) is 7.17. The molecule has 2 atom stereocenters. The number of hydrogen-bond donors (Lipinski definition) is 6. The zero-order chi connectivity index (χ0) is 32.5. The van der Waals surface area contributed by atoms with Gasteiger partial charge >= 0.3 is 16.4 Å². The molecule has 1 aromatic carbocycles. The Morgan fingerprint density at radius 1 is 1.27 bits per heavy atom. The third-order valence-corrected chi connectivity index (χ3v) is 7.61. The van der Waals surface area contributed by atoms with Crippen LogP contribution in [0.3, 0.4) is 0 Å². The molecule has 2 saturated heterocycles. The normalized spacial score (nSPS) is 18.9. The van der Waals surface area contributed by atoms with Crippen molar-refractivity contribution in [1.82, 2.24) is 30.0 Å². The minimum absolute atomic E-state index is 0.0508. The number of nitrogens with one attached hydrogen (secondary N) is 3. The van der Waals surface area contributed by atoms with Crippen LogP contribution in [-0.4, -0.2) is 104 Å². The van der Waals surface area contributed by atoms with Crippen LogP contribution in [0.2, 0.25) is 0 Å². The van der Waals surface area contributed by atoms with Crippen LogP contribution in [-0.2, 0) is 33.9 Å². The van der Waals surface area contributed by atoms with Crippen molar-refractivity contribution in [2.24, 2.45) is 5.16 Å². The fourth-order valence-corrected chi connectivity index (χ4v) is 5.13. The van der Waals surface area contributed by atoms with Gasteiger partial charge in [0.1, 0.15) is 24.2 Å². The van der Waals surface area contributed by atoms with Gasteiger partial charge < -0.3 is 36.4 Å². The lowest BCUT2D eigenvalue weighted by molar-refractivity contribution is -0.218. The zero-order valence-corrected chi connectivity index (χ0v) is 25.2. The van der Waals surface area contributed by atoms with Gasteiger partial charge in [0, 0.05) is 30.0 Å². The second-order valence-electron chi connectivity index (χ2n) is 10.4. The number of amides is 2. The van der Waals surface area contributed by atoms with E-state index in [9.17, 15) is 27.9 Å². The highest BCUT2D eigenvalue weighted by Crippen LogP contribution is 2.33. The lowest BCUT2D eigenvalue weighted by atomic mass is 9.84. The molecule has 0 radical (unpaired) electrons. The van der Waals surface area contributed by atoms with Crippen molar-refractivity contribution in [3.05, 3.63) is 36.2 Å². The number of pyridine rings is 1. The second-order valence-corrected chi connectivity index (χ2v) is 12.2. The lowest BCUT2D eigenvalue weighted by Gasteiger charge is -2.50. The topological polar surface area (TPSA) is 270 Å². The predicted octanol–water partition coefficient (Wildman–Crippen LogP) is -0.855. The molecule has 2 unspecified atom stereocenters. The van der Waals surface area contributed by atoms with Crippen LogP contribution in [0.25, 0.3) is 10.9 Å². The number of carbonyl (C=O) groups excluding carboxylic acids is 2. The van der Waals surface area contributed by atoms with Crippen LogP contribution in [0.15, 0.2) is 35.5 Å². The van der Waals surface area contributed by atoms with E-state index >= 15 is 0 Å². The van der Waals surface area contributed by atoms with Crippen LogP contribution in [0.1, 0.15) is 19.7 Å². The number of carboxylic acid groups (broad SMARTS) is 1. The molecule has 0 spiro atoms. The van der Waals surface area contributed by atoms with Crippen LogP contribution in [0.4, 0.5) is 10.9 Å². The van der Waals surface area contributed by atoms with E-state index in [1.165, 1.54) is 13.8 Å². The molecule has 7 N–H and O–H groups in total. The Labute approximate surface area is 258 Å². The highest BCUT2D eigenvalue weighted by Gasteiger charge is 2.58. The first-order valence-electron chi connectivity index (χ1n) is 13.1. The number of nitrogens with two attached hydrogens (primary N) is 1. The molecule has 240 valence electrons. The molecule has 2 aliphatic heterocycles. The number of aromatic nitrogens is 3. The fraction of sp³-hybridized carbons (Fsp3) is 0.375. The molecule has 4 heterocycles. The van der Waals surface area contributed by atoms with Crippen molar-refractivity contribution in [2.75, 3.05) is 30.7 Å². The zero-order valence-electron chi connectivity index (χ0n) is 23.5. The predicted molar refractivity (Wildman–Crippen MR) is 156 cm³/mol. The van der Waals surface area contributed by atoms with Gasteiger partial charge in [0.05, 0.1) is 17.1 Å². The van der Waals surface area contributed by atoms with Crippen molar-refractivity contribution < 1.29 is 46.3 Å². The Morgan fingerprint density at radius 2 is 2.02 bits per heavy atom. The summed E-state index contributed by atoms with van der Waals surface area (Å²) in [6.07, 6.45) is -1.71. The number of anilines is 2. The molecule has 2 amide bonds. The van der Waals surface area contributed by atoms with E-state index in [4.69, 9.17) is 19.9 Å². The van der Waals surface area contributed by atoms with Crippen molar-refractivity contribution in [3.8, 4) is 5.75 Å². The highest BCUT2D eigenvalue weighted by atomic mass is 32.3. The molecular formula is C24H27N9O10S2. The Balaban J connectivity index is 1.27. The Kier molecular flexibility index (Phi) is 8.71. The molecule has 21 heteroatoms. The van der Waals surface area contributed by atoms with E-state index in [0.717, 1.165) is 24.3 Å². The van der Waals surface area contributed by atoms with Gasteiger partial charge in [-0.3, -0.25) is 14.1 Å². The van der Waals surface area contributed by atoms with E-state index in [2.05, 4.69) is 39.7 Å². The maximum Gasteiger partial charge on any atom is 0.418 e. The summed E-state index contributed by atoms with van der Waals surface area (Å²) in [7, 11) is -5.02. The number of fused-ring (bicyclic) bond motifs is 1. The molecule has 2 fully saturated rings. The Hall–Kier alpha value is -4.70. The molecule has 0 aliphatic carbocycles. The summed E-state index contributed by atoms with van der Waals surface area (Å²) in [4.78, 5) is 51.2. The van der Waals surface area contributed by atoms with Gasteiger partial charge in [-0.2, -0.15) is 22.8 Å². The summed E-state index contributed by atoms with van der Waals surface area (Å²) in [6, 6.07) is 7.64. The molecule has 5 rings (SSSR count). The largest absolute Gasteiger partial charge is 0.489 e. The van der Waals surface area contributed by atoms with E-state index in [0.29, 0.717) is 33.9 Å². The summed E-state index contributed by atoms with van der Waals surface area (Å²) in [6.45, 7) is 3.89. The van der Waals surface area contributed by atoms with Gasteiger partial charge in [-0.1, -0.05) is 5.16 Å². The molecule has 0 saturated carbocycles. The number of aliphatic carboxylic acids is 1. The van der Waals surface area contributed by atoms with Crippen LogP contribution in [0.5, 0.6) is 5.75 Å². The van der Waals surface area contributed by atoms with E-state index in [1.807, 2.05) is 12.1 Å². The van der Waals surface area contributed by atoms with E-state index < -0.39 is 58.2 Å². The number of carboxylic acids is 1. The van der Waals surface area contributed by atoms with Gasteiger partial charge in [0.25, 0.3) is 17.9 Å². The lowest BCUT2D eigenvalue weighted by Crippen LogP contribution is -2.76.